The highest BCUT2D eigenvalue weighted by Gasteiger charge is 2.13. The van der Waals surface area contributed by atoms with Gasteiger partial charge in [0.2, 0.25) is 0 Å². The lowest BCUT2D eigenvalue weighted by Gasteiger charge is -2.01. The van der Waals surface area contributed by atoms with Crippen LogP contribution in [0.3, 0.4) is 0 Å². The van der Waals surface area contributed by atoms with Crippen LogP contribution in [0, 0.1) is 10.1 Å². The van der Waals surface area contributed by atoms with Crippen molar-refractivity contribution in [1.29, 1.82) is 0 Å². The number of nitro groups is 1. The van der Waals surface area contributed by atoms with Gasteiger partial charge in [-0.1, -0.05) is 23.4 Å². The van der Waals surface area contributed by atoms with Crippen LogP contribution in [0.5, 0.6) is 0 Å². The number of nitrogens with zero attached hydrogens (tertiary/aromatic N) is 4. The van der Waals surface area contributed by atoms with Crippen molar-refractivity contribution in [3.8, 4) is 0 Å². The smallest absolute Gasteiger partial charge is 0.309 e. The van der Waals surface area contributed by atoms with Gasteiger partial charge in [-0.05, 0) is 0 Å². The summed E-state index contributed by atoms with van der Waals surface area (Å²) in [6, 6.07) is 6.30. The van der Waals surface area contributed by atoms with E-state index in [0.29, 0.717) is 11.3 Å². The van der Waals surface area contributed by atoms with Crippen molar-refractivity contribution in [2.75, 3.05) is 0 Å². The summed E-state index contributed by atoms with van der Waals surface area (Å²) in [6.07, 6.45) is 1.24. The molecule has 1 aromatic carbocycles. The lowest BCUT2D eigenvalue weighted by atomic mass is 10.2. The standard InChI is InChI=1S/C11H10N4O4/c16-11(17)5-9-7-14(13-12-9)6-8-3-1-2-4-10(8)15(18)19/h1-4,7H,5-6H2,(H,16,17). The van der Waals surface area contributed by atoms with Gasteiger partial charge in [0.05, 0.1) is 29.1 Å². The Morgan fingerprint density at radius 3 is 2.84 bits per heavy atom. The maximum Gasteiger partial charge on any atom is 0.309 e. The molecule has 0 amide bonds. The minimum atomic E-state index is -1.00. The van der Waals surface area contributed by atoms with Crippen LogP contribution in [0.1, 0.15) is 11.3 Å². The van der Waals surface area contributed by atoms with E-state index >= 15 is 0 Å². The van der Waals surface area contributed by atoms with Gasteiger partial charge in [-0.15, -0.1) is 5.10 Å². The van der Waals surface area contributed by atoms with Gasteiger partial charge < -0.3 is 5.11 Å². The van der Waals surface area contributed by atoms with E-state index in [0.717, 1.165) is 0 Å². The van der Waals surface area contributed by atoms with Crippen LogP contribution in [-0.2, 0) is 17.8 Å². The number of carboxylic acids is 1. The first-order valence-corrected chi connectivity index (χ1v) is 5.39. The Morgan fingerprint density at radius 1 is 1.42 bits per heavy atom. The van der Waals surface area contributed by atoms with Gasteiger partial charge in [0.25, 0.3) is 5.69 Å². The van der Waals surface area contributed by atoms with Gasteiger partial charge >= 0.3 is 5.97 Å². The molecule has 0 unspecified atom stereocenters. The Balaban J connectivity index is 2.19. The number of nitro benzene ring substituents is 1. The molecule has 0 aliphatic rings. The van der Waals surface area contributed by atoms with E-state index < -0.39 is 10.9 Å². The molecule has 0 saturated heterocycles. The fourth-order valence-corrected chi connectivity index (χ4v) is 1.65. The molecule has 0 aliphatic heterocycles. The molecule has 1 N–H and O–H groups in total. The zero-order valence-corrected chi connectivity index (χ0v) is 9.76. The van der Waals surface area contributed by atoms with Gasteiger partial charge in [-0.2, -0.15) is 0 Å². The maximum absolute atomic E-state index is 10.8. The van der Waals surface area contributed by atoms with E-state index in [2.05, 4.69) is 10.3 Å². The van der Waals surface area contributed by atoms with Crippen molar-refractivity contribution in [3.05, 3.63) is 51.8 Å². The Bertz CT molecular complexity index is 623. The third-order valence-electron chi connectivity index (χ3n) is 2.44. The van der Waals surface area contributed by atoms with Crippen LogP contribution in [-0.4, -0.2) is 31.0 Å². The van der Waals surface area contributed by atoms with Crippen molar-refractivity contribution in [2.24, 2.45) is 0 Å². The molecule has 0 fully saturated rings. The minimum Gasteiger partial charge on any atom is -0.481 e. The van der Waals surface area contributed by atoms with Crippen LogP contribution in [0.2, 0.25) is 0 Å². The van der Waals surface area contributed by atoms with Crippen molar-refractivity contribution in [1.82, 2.24) is 15.0 Å². The molecule has 2 aromatic rings. The molecule has 0 saturated carbocycles. The molecule has 0 spiro atoms. The number of aromatic nitrogens is 3. The normalized spacial score (nSPS) is 10.3. The molecule has 0 bridgehead atoms. The number of hydrogen-bond donors (Lipinski definition) is 1. The molecule has 0 aliphatic carbocycles. The predicted octanol–water partition coefficient (Wildman–Crippen LogP) is 0.862. The van der Waals surface area contributed by atoms with Crippen molar-refractivity contribution >= 4 is 11.7 Å². The molecular formula is C11H10N4O4. The maximum atomic E-state index is 10.8. The van der Waals surface area contributed by atoms with Crippen LogP contribution >= 0.6 is 0 Å². The van der Waals surface area contributed by atoms with E-state index in [1.807, 2.05) is 0 Å². The number of carboxylic acid groups (broad SMARTS) is 1. The Morgan fingerprint density at radius 2 is 2.16 bits per heavy atom. The van der Waals surface area contributed by atoms with E-state index in [1.54, 1.807) is 18.2 Å². The summed E-state index contributed by atoms with van der Waals surface area (Å²) in [6.45, 7) is 0.170. The zero-order valence-electron chi connectivity index (χ0n) is 9.76. The highest BCUT2D eigenvalue weighted by molar-refractivity contribution is 5.69. The number of aliphatic carboxylic acids is 1. The van der Waals surface area contributed by atoms with Crippen LogP contribution in [0.4, 0.5) is 5.69 Å². The summed E-state index contributed by atoms with van der Waals surface area (Å²) in [5.41, 5.74) is 0.795. The van der Waals surface area contributed by atoms with Crippen LogP contribution in [0.15, 0.2) is 30.5 Å². The third kappa shape index (κ3) is 3.12. The minimum absolute atomic E-state index is 0.00205. The van der Waals surface area contributed by atoms with Gasteiger partial charge in [-0.25, -0.2) is 4.68 Å². The van der Waals surface area contributed by atoms with E-state index in [4.69, 9.17) is 5.11 Å². The van der Waals surface area contributed by atoms with Crippen molar-refractivity contribution in [3.63, 3.8) is 0 Å². The SMILES string of the molecule is O=C(O)Cc1cn(Cc2ccccc2[N+](=O)[O-])nn1. The molecular weight excluding hydrogens is 252 g/mol. The summed E-state index contributed by atoms with van der Waals surface area (Å²) in [4.78, 5) is 20.9. The van der Waals surface area contributed by atoms with Crippen LogP contribution in [0.25, 0.3) is 0 Å². The quantitative estimate of drug-likeness (QED) is 0.631. The zero-order chi connectivity index (χ0) is 13.8. The summed E-state index contributed by atoms with van der Waals surface area (Å²) in [5.74, 6) is -1.00. The monoisotopic (exact) mass is 262 g/mol. The predicted molar refractivity (Wildman–Crippen MR) is 63.6 cm³/mol. The Kier molecular flexibility index (Phi) is 3.51. The first-order chi connectivity index (χ1) is 9.06. The molecule has 8 nitrogen and oxygen atoms in total. The topological polar surface area (TPSA) is 111 Å². The molecule has 1 aromatic heterocycles. The first kappa shape index (κ1) is 12.7. The van der Waals surface area contributed by atoms with E-state index in [1.165, 1.54) is 16.9 Å². The lowest BCUT2D eigenvalue weighted by Crippen LogP contribution is -2.03. The molecule has 98 valence electrons. The van der Waals surface area contributed by atoms with Crippen molar-refractivity contribution in [2.45, 2.75) is 13.0 Å². The fourth-order valence-electron chi connectivity index (χ4n) is 1.65. The van der Waals surface area contributed by atoms with Gasteiger partial charge in [-0.3, -0.25) is 14.9 Å². The van der Waals surface area contributed by atoms with Crippen molar-refractivity contribution < 1.29 is 14.8 Å². The number of para-hydroxylation sites is 1. The average Bonchev–Trinajstić information content (AvgIpc) is 2.76. The molecule has 8 heteroatoms. The summed E-state index contributed by atoms with van der Waals surface area (Å²) < 4.78 is 1.38. The summed E-state index contributed by atoms with van der Waals surface area (Å²) in [5, 5.41) is 26.9. The molecule has 19 heavy (non-hydrogen) atoms. The van der Waals surface area contributed by atoms with Gasteiger partial charge in [0.1, 0.15) is 0 Å². The molecule has 0 radical (unpaired) electrons. The average molecular weight is 262 g/mol. The Labute approximate surface area is 107 Å². The third-order valence-corrected chi connectivity index (χ3v) is 2.44. The largest absolute Gasteiger partial charge is 0.481 e. The van der Waals surface area contributed by atoms with Gasteiger partial charge in [0, 0.05) is 12.3 Å². The number of rotatable bonds is 5. The molecule has 1 heterocycles. The van der Waals surface area contributed by atoms with Gasteiger partial charge in [0.15, 0.2) is 0 Å². The fraction of sp³-hybridized carbons (Fsp3) is 0.182. The van der Waals surface area contributed by atoms with E-state index in [9.17, 15) is 14.9 Å². The van der Waals surface area contributed by atoms with Crippen LogP contribution < -0.4 is 0 Å². The number of hydrogen-bond acceptors (Lipinski definition) is 5. The molecule has 0 atom stereocenters. The highest BCUT2D eigenvalue weighted by atomic mass is 16.6. The Hall–Kier alpha value is -2.77. The first-order valence-electron chi connectivity index (χ1n) is 5.39. The highest BCUT2D eigenvalue weighted by Crippen LogP contribution is 2.18. The second-order valence-corrected chi connectivity index (χ2v) is 3.86. The second kappa shape index (κ2) is 5.25. The lowest BCUT2D eigenvalue weighted by molar-refractivity contribution is -0.385. The summed E-state index contributed by atoms with van der Waals surface area (Å²) >= 11 is 0. The van der Waals surface area contributed by atoms with E-state index in [-0.39, 0.29) is 18.7 Å². The second-order valence-electron chi connectivity index (χ2n) is 3.86. The summed E-state index contributed by atoms with van der Waals surface area (Å²) in [7, 11) is 0. The number of benzene rings is 1. The number of carbonyl (C=O) groups is 1. The molecule has 2 rings (SSSR count).